The van der Waals surface area contributed by atoms with E-state index in [2.05, 4.69) is 10.5 Å². The molecular formula is C19H20FN3O3. The molecule has 26 heavy (non-hydrogen) atoms. The molecule has 2 amide bonds. The predicted molar refractivity (Wildman–Crippen MR) is 97.1 cm³/mol. The number of likely N-dealkylation sites (N-methyl/N-ethyl adjacent to an activating group) is 1. The quantitative estimate of drug-likeness (QED) is 0.891. The van der Waals surface area contributed by atoms with Crippen molar-refractivity contribution in [2.45, 2.75) is 12.5 Å². The zero-order valence-corrected chi connectivity index (χ0v) is 14.6. The number of amides is 2. The fourth-order valence-electron chi connectivity index (χ4n) is 2.69. The van der Waals surface area contributed by atoms with Gasteiger partial charge in [0.1, 0.15) is 11.6 Å². The number of anilines is 1. The van der Waals surface area contributed by atoms with Crippen molar-refractivity contribution in [3.63, 3.8) is 0 Å². The number of carbonyl (C=O) groups excluding carboxylic acids is 1. The molecular weight excluding hydrogens is 337 g/mol. The highest BCUT2D eigenvalue weighted by molar-refractivity contribution is 6.01. The number of urea groups is 1. The van der Waals surface area contributed by atoms with E-state index < -0.39 is 0 Å². The first kappa shape index (κ1) is 17.7. The van der Waals surface area contributed by atoms with Gasteiger partial charge in [0.15, 0.2) is 6.10 Å². The molecule has 0 spiro atoms. The van der Waals surface area contributed by atoms with E-state index in [4.69, 9.17) is 9.57 Å². The van der Waals surface area contributed by atoms with Crippen LogP contribution in [0, 0.1) is 5.82 Å². The maximum atomic E-state index is 13.0. The number of rotatable bonds is 5. The number of ether oxygens (including phenoxy) is 1. The smallest absolute Gasteiger partial charge is 0.321 e. The molecule has 3 rings (SSSR count). The summed E-state index contributed by atoms with van der Waals surface area (Å²) in [5.74, 6) is 0.297. The van der Waals surface area contributed by atoms with Crippen LogP contribution in [0.2, 0.25) is 0 Å². The van der Waals surface area contributed by atoms with Crippen molar-refractivity contribution in [3.05, 3.63) is 59.9 Å². The Labute approximate surface area is 151 Å². The Morgan fingerprint density at radius 2 is 2.04 bits per heavy atom. The minimum Gasteiger partial charge on any atom is -0.495 e. The second-order valence-corrected chi connectivity index (χ2v) is 5.99. The van der Waals surface area contributed by atoms with Crippen LogP contribution in [0.4, 0.5) is 14.9 Å². The Balaban J connectivity index is 1.54. The lowest BCUT2D eigenvalue weighted by Gasteiger charge is -2.21. The third-order valence-corrected chi connectivity index (χ3v) is 4.08. The Bertz CT molecular complexity index is 808. The summed E-state index contributed by atoms with van der Waals surface area (Å²) < 4.78 is 18.2. The van der Waals surface area contributed by atoms with E-state index in [1.165, 1.54) is 17.0 Å². The number of hydrogen-bond acceptors (Lipinski definition) is 4. The van der Waals surface area contributed by atoms with E-state index >= 15 is 0 Å². The average molecular weight is 357 g/mol. The summed E-state index contributed by atoms with van der Waals surface area (Å²) in [6, 6.07) is 13.0. The molecule has 0 aliphatic carbocycles. The highest BCUT2D eigenvalue weighted by Gasteiger charge is 2.25. The Morgan fingerprint density at radius 3 is 2.77 bits per heavy atom. The van der Waals surface area contributed by atoms with Gasteiger partial charge in [-0.05, 0) is 29.8 Å². The van der Waals surface area contributed by atoms with Gasteiger partial charge in [-0.25, -0.2) is 9.18 Å². The highest BCUT2D eigenvalue weighted by atomic mass is 19.1. The monoisotopic (exact) mass is 357 g/mol. The summed E-state index contributed by atoms with van der Waals surface area (Å²) in [6.45, 7) is 0.370. The van der Waals surface area contributed by atoms with Crippen molar-refractivity contribution in [2.24, 2.45) is 5.16 Å². The van der Waals surface area contributed by atoms with Crippen molar-refractivity contribution in [3.8, 4) is 5.75 Å². The van der Waals surface area contributed by atoms with Crippen LogP contribution in [0.1, 0.15) is 12.0 Å². The van der Waals surface area contributed by atoms with E-state index in [1.807, 2.05) is 12.1 Å². The molecule has 2 aromatic carbocycles. The van der Waals surface area contributed by atoms with Crippen LogP contribution >= 0.6 is 0 Å². The zero-order chi connectivity index (χ0) is 18.5. The first-order chi connectivity index (χ1) is 12.6. The number of nitrogens with one attached hydrogen (secondary N) is 1. The van der Waals surface area contributed by atoms with Crippen LogP contribution in [0.5, 0.6) is 5.75 Å². The van der Waals surface area contributed by atoms with Gasteiger partial charge in [-0.3, -0.25) is 0 Å². The van der Waals surface area contributed by atoms with Gasteiger partial charge in [0.2, 0.25) is 0 Å². The van der Waals surface area contributed by atoms with E-state index in [-0.39, 0.29) is 18.0 Å². The molecule has 1 aliphatic heterocycles. The Morgan fingerprint density at radius 1 is 1.31 bits per heavy atom. The van der Waals surface area contributed by atoms with Crippen LogP contribution < -0.4 is 10.1 Å². The summed E-state index contributed by atoms with van der Waals surface area (Å²) >= 11 is 0. The number of benzene rings is 2. The van der Waals surface area contributed by atoms with E-state index in [0.717, 1.165) is 11.3 Å². The van der Waals surface area contributed by atoms with Gasteiger partial charge in [-0.15, -0.1) is 0 Å². The molecule has 136 valence electrons. The lowest BCUT2D eigenvalue weighted by molar-refractivity contribution is 0.0672. The van der Waals surface area contributed by atoms with Crippen molar-refractivity contribution < 1.29 is 18.8 Å². The molecule has 1 unspecified atom stereocenters. The lowest BCUT2D eigenvalue weighted by Crippen LogP contribution is -2.37. The van der Waals surface area contributed by atoms with Gasteiger partial charge < -0.3 is 19.8 Å². The first-order valence-electron chi connectivity index (χ1n) is 8.20. The summed E-state index contributed by atoms with van der Waals surface area (Å²) in [5, 5.41) is 6.87. The third kappa shape index (κ3) is 4.11. The average Bonchev–Trinajstić information content (AvgIpc) is 3.11. The summed E-state index contributed by atoms with van der Waals surface area (Å²) in [6.07, 6.45) is 0.307. The number of halogens is 1. The van der Waals surface area contributed by atoms with Gasteiger partial charge in [0.05, 0.1) is 25.1 Å². The summed E-state index contributed by atoms with van der Waals surface area (Å²) in [7, 11) is 3.24. The number of hydrogen-bond donors (Lipinski definition) is 1. The number of carbonyl (C=O) groups is 1. The number of methoxy groups -OCH3 is 1. The molecule has 1 aliphatic rings. The number of oxime groups is 1. The molecule has 0 fully saturated rings. The Hall–Kier alpha value is -3.09. The molecule has 0 aromatic heterocycles. The minimum absolute atomic E-state index is 0.247. The molecule has 2 aromatic rings. The Kier molecular flexibility index (Phi) is 5.36. The molecule has 1 heterocycles. The van der Waals surface area contributed by atoms with Crippen LogP contribution in [0.15, 0.2) is 53.7 Å². The van der Waals surface area contributed by atoms with Gasteiger partial charge >= 0.3 is 6.03 Å². The fraction of sp³-hybridized carbons (Fsp3) is 0.263. The maximum absolute atomic E-state index is 13.0. The van der Waals surface area contributed by atoms with E-state index in [0.29, 0.717) is 24.4 Å². The SMILES string of the molecule is COc1ccccc1NC(=O)N(C)CC1CC(c2ccc(F)cc2)=NO1. The third-order valence-electron chi connectivity index (χ3n) is 4.08. The van der Waals surface area contributed by atoms with E-state index in [9.17, 15) is 9.18 Å². The van der Waals surface area contributed by atoms with Crippen molar-refractivity contribution in [2.75, 3.05) is 26.0 Å². The predicted octanol–water partition coefficient (Wildman–Crippen LogP) is 3.49. The van der Waals surface area contributed by atoms with Gasteiger partial charge in [0, 0.05) is 13.5 Å². The summed E-state index contributed by atoms with van der Waals surface area (Å²) in [4.78, 5) is 19.3. The lowest BCUT2D eigenvalue weighted by atomic mass is 10.0. The van der Waals surface area contributed by atoms with Crippen LogP contribution in [-0.2, 0) is 4.84 Å². The second kappa shape index (κ2) is 7.86. The van der Waals surface area contributed by atoms with Crippen molar-refractivity contribution >= 4 is 17.4 Å². The van der Waals surface area contributed by atoms with Gasteiger partial charge in [-0.1, -0.05) is 29.4 Å². The van der Waals surface area contributed by atoms with Gasteiger partial charge in [0.25, 0.3) is 0 Å². The molecule has 7 heteroatoms. The molecule has 0 radical (unpaired) electrons. The van der Waals surface area contributed by atoms with Crippen molar-refractivity contribution in [1.29, 1.82) is 0 Å². The maximum Gasteiger partial charge on any atom is 0.321 e. The summed E-state index contributed by atoms with van der Waals surface area (Å²) in [5.41, 5.74) is 2.16. The number of nitrogens with zero attached hydrogens (tertiary/aromatic N) is 2. The van der Waals surface area contributed by atoms with Crippen LogP contribution in [0.3, 0.4) is 0 Å². The van der Waals surface area contributed by atoms with Gasteiger partial charge in [-0.2, -0.15) is 0 Å². The zero-order valence-electron chi connectivity index (χ0n) is 14.6. The molecule has 0 saturated heterocycles. The first-order valence-corrected chi connectivity index (χ1v) is 8.20. The van der Waals surface area contributed by atoms with Crippen LogP contribution in [0.25, 0.3) is 0 Å². The normalized spacial score (nSPS) is 15.8. The minimum atomic E-state index is -0.294. The number of para-hydroxylation sites is 2. The molecule has 6 nitrogen and oxygen atoms in total. The molecule has 0 saturated carbocycles. The topological polar surface area (TPSA) is 63.2 Å². The fourth-order valence-corrected chi connectivity index (χ4v) is 2.69. The molecule has 0 bridgehead atoms. The van der Waals surface area contributed by atoms with Crippen LogP contribution in [-0.4, -0.2) is 43.4 Å². The molecule has 1 atom stereocenters. The standard InChI is InChI=1S/C19H20FN3O3/c1-23(19(24)21-16-5-3-4-6-18(16)25-2)12-15-11-17(22-26-15)13-7-9-14(20)10-8-13/h3-10,15H,11-12H2,1-2H3,(H,21,24). The van der Waals surface area contributed by atoms with E-state index in [1.54, 1.807) is 38.4 Å². The second-order valence-electron chi connectivity index (χ2n) is 5.99. The largest absolute Gasteiger partial charge is 0.495 e. The highest BCUT2D eigenvalue weighted by Crippen LogP contribution is 2.23. The molecule has 1 N–H and O–H groups in total. The van der Waals surface area contributed by atoms with Crippen molar-refractivity contribution in [1.82, 2.24) is 4.90 Å².